The van der Waals surface area contributed by atoms with Crippen molar-refractivity contribution in [3.63, 3.8) is 0 Å². The molecule has 1 aliphatic rings. The molecule has 0 aliphatic carbocycles. The van der Waals surface area contributed by atoms with E-state index in [9.17, 15) is 0 Å². The number of rotatable bonds is 3. The minimum Gasteiger partial charge on any atom is -0.311 e. The van der Waals surface area contributed by atoms with Gasteiger partial charge in [0.15, 0.2) is 0 Å². The third-order valence-electron chi connectivity index (χ3n) is 4.18. The van der Waals surface area contributed by atoms with Crippen LogP contribution in [0.25, 0.3) is 0 Å². The summed E-state index contributed by atoms with van der Waals surface area (Å²) in [6, 6.07) is 0.522. The lowest BCUT2D eigenvalue weighted by atomic mass is 9.85. The molecule has 4 nitrogen and oxygen atoms in total. The topological polar surface area (TPSA) is 33.1 Å². The van der Waals surface area contributed by atoms with Crippen LogP contribution in [0.1, 0.15) is 39.1 Å². The Hall–Kier alpha value is -0.580. The molecule has 1 atom stereocenters. The van der Waals surface area contributed by atoms with Crippen LogP contribution in [-0.2, 0) is 20.0 Å². The standard InChI is InChI=1S/C15H27ClN4/c1-6-11-14(16)12(19(5)18-11)9-20-8-7-17-13(10-20)15(2,3)4/h13,17H,6-10H2,1-5H3. The number of hydrogen-bond donors (Lipinski definition) is 1. The van der Waals surface area contributed by atoms with Gasteiger partial charge in [0.05, 0.1) is 16.4 Å². The van der Waals surface area contributed by atoms with Crippen LogP contribution in [0.4, 0.5) is 0 Å². The Morgan fingerprint density at radius 1 is 1.40 bits per heavy atom. The second kappa shape index (κ2) is 6.04. The lowest BCUT2D eigenvalue weighted by molar-refractivity contribution is 0.127. The first kappa shape index (κ1) is 15.8. The second-order valence-electron chi connectivity index (χ2n) is 6.79. The van der Waals surface area contributed by atoms with Crippen LogP contribution in [0.2, 0.25) is 5.02 Å². The van der Waals surface area contributed by atoms with Crippen molar-refractivity contribution < 1.29 is 0 Å². The Labute approximate surface area is 127 Å². The molecule has 114 valence electrons. The molecule has 0 amide bonds. The van der Waals surface area contributed by atoms with Gasteiger partial charge in [-0.1, -0.05) is 39.3 Å². The lowest BCUT2D eigenvalue weighted by Gasteiger charge is -2.40. The summed E-state index contributed by atoms with van der Waals surface area (Å²) in [7, 11) is 1.99. The van der Waals surface area contributed by atoms with Crippen molar-refractivity contribution in [1.29, 1.82) is 0 Å². The van der Waals surface area contributed by atoms with Gasteiger partial charge < -0.3 is 5.32 Å². The van der Waals surface area contributed by atoms with Crippen molar-refractivity contribution in [2.24, 2.45) is 12.5 Å². The maximum absolute atomic E-state index is 6.45. The summed E-state index contributed by atoms with van der Waals surface area (Å²) >= 11 is 6.45. The van der Waals surface area contributed by atoms with E-state index >= 15 is 0 Å². The number of hydrogen-bond acceptors (Lipinski definition) is 3. The summed E-state index contributed by atoms with van der Waals surface area (Å²) in [6.45, 7) is 13.0. The average Bonchev–Trinajstić information content (AvgIpc) is 2.65. The number of aryl methyl sites for hydroxylation is 2. The van der Waals surface area contributed by atoms with Crippen molar-refractivity contribution in [2.75, 3.05) is 19.6 Å². The quantitative estimate of drug-likeness (QED) is 0.930. The molecule has 1 aliphatic heterocycles. The molecule has 0 spiro atoms. The first-order valence-corrected chi connectivity index (χ1v) is 7.86. The lowest BCUT2D eigenvalue weighted by Crippen LogP contribution is -2.55. The Kier molecular flexibility index (Phi) is 4.77. The fourth-order valence-electron chi connectivity index (χ4n) is 2.74. The van der Waals surface area contributed by atoms with Gasteiger partial charge in [-0.2, -0.15) is 5.10 Å². The summed E-state index contributed by atoms with van der Waals surface area (Å²) in [5, 5.41) is 8.98. The van der Waals surface area contributed by atoms with Crippen molar-refractivity contribution >= 4 is 11.6 Å². The highest BCUT2D eigenvalue weighted by Gasteiger charge is 2.30. The second-order valence-corrected chi connectivity index (χ2v) is 7.17. The van der Waals surface area contributed by atoms with Crippen LogP contribution in [0, 0.1) is 5.41 Å². The molecular formula is C15H27ClN4. The zero-order valence-electron chi connectivity index (χ0n) is 13.3. The molecule has 0 radical (unpaired) electrons. The fraction of sp³-hybridized carbons (Fsp3) is 0.800. The molecule has 0 aromatic carbocycles. The Morgan fingerprint density at radius 2 is 2.10 bits per heavy atom. The Bertz CT molecular complexity index is 461. The molecule has 0 saturated carbocycles. The van der Waals surface area contributed by atoms with E-state index < -0.39 is 0 Å². The molecule has 0 bridgehead atoms. The zero-order chi connectivity index (χ0) is 14.9. The number of nitrogens with one attached hydrogen (secondary N) is 1. The van der Waals surface area contributed by atoms with E-state index in [1.54, 1.807) is 0 Å². The van der Waals surface area contributed by atoms with Crippen molar-refractivity contribution in [3.8, 4) is 0 Å². The molecule has 2 rings (SSSR count). The van der Waals surface area contributed by atoms with E-state index in [4.69, 9.17) is 11.6 Å². The SMILES string of the molecule is CCc1nn(C)c(CN2CCNC(C(C)(C)C)C2)c1Cl. The largest absolute Gasteiger partial charge is 0.311 e. The zero-order valence-corrected chi connectivity index (χ0v) is 14.1. The molecule has 5 heteroatoms. The third kappa shape index (κ3) is 3.35. The highest BCUT2D eigenvalue weighted by molar-refractivity contribution is 6.31. The summed E-state index contributed by atoms with van der Waals surface area (Å²) in [5.74, 6) is 0. The summed E-state index contributed by atoms with van der Waals surface area (Å²) in [4.78, 5) is 2.48. The molecule has 1 fully saturated rings. The van der Waals surface area contributed by atoms with Gasteiger partial charge in [0.1, 0.15) is 0 Å². The smallest absolute Gasteiger partial charge is 0.0863 e. The summed E-state index contributed by atoms with van der Waals surface area (Å²) in [5.41, 5.74) is 2.42. The molecule has 1 saturated heterocycles. The maximum atomic E-state index is 6.45. The van der Waals surface area contributed by atoms with Gasteiger partial charge in [0.2, 0.25) is 0 Å². The van der Waals surface area contributed by atoms with Gasteiger partial charge in [-0.3, -0.25) is 9.58 Å². The van der Waals surface area contributed by atoms with Gasteiger partial charge in [-0.05, 0) is 11.8 Å². The van der Waals surface area contributed by atoms with E-state index in [1.807, 2.05) is 11.7 Å². The van der Waals surface area contributed by atoms with E-state index in [-0.39, 0.29) is 5.41 Å². The minimum absolute atomic E-state index is 0.281. The normalized spacial score (nSPS) is 21.4. The molecule has 20 heavy (non-hydrogen) atoms. The van der Waals surface area contributed by atoms with Gasteiger partial charge in [0.25, 0.3) is 0 Å². The van der Waals surface area contributed by atoms with Crippen LogP contribution in [0.5, 0.6) is 0 Å². The first-order chi connectivity index (χ1) is 9.32. The van der Waals surface area contributed by atoms with Gasteiger partial charge in [-0.25, -0.2) is 0 Å². The number of halogens is 1. The van der Waals surface area contributed by atoms with Crippen LogP contribution in [-0.4, -0.2) is 40.4 Å². The summed E-state index contributed by atoms with van der Waals surface area (Å²) < 4.78 is 1.94. The number of nitrogens with zero attached hydrogens (tertiary/aromatic N) is 3. The predicted molar refractivity (Wildman–Crippen MR) is 84.1 cm³/mol. The van der Waals surface area contributed by atoms with Gasteiger partial charge in [-0.15, -0.1) is 0 Å². The third-order valence-corrected chi connectivity index (χ3v) is 4.62. The minimum atomic E-state index is 0.281. The van der Waals surface area contributed by atoms with Gasteiger partial charge in [0, 0.05) is 39.3 Å². The van der Waals surface area contributed by atoms with E-state index in [2.05, 4.69) is 43.0 Å². The maximum Gasteiger partial charge on any atom is 0.0863 e. The van der Waals surface area contributed by atoms with Crippen LogP contribution in [0.3, 0.4) is 0 Å². The molecule has 2 heterocycles. The summed E-state index contributed by atoms with van der Waals surface area (Å²) in [6.07, 6.45) is 0.888. The molecule has 1 N–H and O–H groups in total. The predicted octanol–water partition coefficient (Wildman–Crippen LogP) is 2.46. The van der Waals surface area contributed by atoms with Crippen molar-refractivity contribution in [2.45, 2.75) is 46.7 Å². The highest BCUT2D eigenvalue weighted by Crippen LogP contribution is 2.25. The number of aromatic nitrogens is 2. The molecule has 1 aromatic heterocycles. The van der Waals surface area contributed by atoms with E-state index in [0.717, 1.165) is 49.0 Å². The van der Waals surface area contributed by atoms with Crippen molar-refractivity contribution in [1.82, 2.24) is 20.0 Å². The van der Waals surface area contributed by atoms with E-state index in [0.29, 0.717) is 6.04 Å². The fourth-order valence-corrected chi connectivity index (χ4v) is 3.09. The van der Waals surface area contributed by atoms with Crippen LogP contribution < -0.4 is 5.32 Å². The molecule has 1 aromatic rings. The Balaban J connectivity index is 2.08. The monoisotopic (exact) mass is 298 g/mol. The first-order valence-electron chi connectivity index (χ1n) is 7.49. The van der Waals surface area contributed by atoms with Gasteiger partial charge >= 0.3 is 0 Å². The Morgan fingerprint density at radius 3 is 2.65 bits per heavy atom. The van der Waals surface area contributed by atoms with Crippen LogP contribution >= 0.6 is 11.6 Å². The molecule has 1 unspecified atom stereocenters. The van der Waals surface area contributed by atoms with E-state index in [1.165, 1.54) is 0 Å². The molecular weight excluding hydrogens is 272 g/mol. The van der Waals surface area contributed by atoms with Crippen LogP contribution in [0.15, 0.2) is 0 Å². The number of piperazine rings is 1. The highest BCUT2D eigenvalue weighted by atomic mass is 35.5. The average molecular weight is 299 g/mol. The van der Waals surface area contributed by atoms with Crippen molar-refractivity contribution in [3.05, 3.63) is 16.4 Å².